The fourth-order valence-electron chi connectivity index (χ4n) is 3.79. The van der Waals surface area contributed by atoms with E-state index in [1.54, 1.807) is 54.4 Å². The number of rotatable bonds is 5. The molecule has 0 radical (unpaired) electrons. The van der Waals surface area contributed by atoms with Crippen molar-refractivity contribution < 1.29 is 13.6 Å². The van der Waals surface area contributed by atoms with Crippen molar-refractivity contribution in [2.75, 3.05) is 38.6 Å². The summed E-state index contributed by atoms with van der Waals surface area (Å²) in [5.41, 5.74) is 1.55. The van der Waals surface area contributed by atoms with Crippen LogP contribution in [0.4, 0.5) is 14.5 Å². The van der Waals surface area contributed by atoms with Crippen LogP contribution in [-0.4, -0.2) is 55.3 Å². The number of nitrogens with zero attached hydrogens (tertiary/aromatic N) is 4. The number of hydrogen-bond donors (Lipinski definition) is 0. The first-order valence-electron chi connectivity index (χ1n) is 8.86. The maximum absolute atomic E-state index is 14.4. The SMILES string of the molecule is CN(C)CC(=O)CC1CN(c2ccc(C#N)c3ncccc23)CC(F)(F)C1. The Morgan fingerprint density at radius 1 is 1.41 bits per heavy atom. The number of nitriles is 1. The van der Waals surface area contributed by atoms with E-state index in [0.717, 1.165) is 0 Å². The molecule has 142 valence electrons. The molecule has 27 heavy (non-hydrogen) atoms. The van der Waals surface area contributed by atoms with Crippen LogP contribution in [0.15, 0.2) is 30.5 Å². The first kappa shape index (κ1) is 19.2. The number of halogens is 2. The highest BCUT2D eigenvalue weighted by Crippen LogP contribution is 2.37. The van der Waals surface area contributed by atoms with Gasteiger partial charge in [0.1, 0.15) is 11.9 Å². The van der Waals surface area contributed by atoms with Gasteiger partial charge >= 0.3 is 0 Å². The number of likely N-dealkylation sites (N-methyl/N-ethyl adjacent to an activating group) is 1. The van der Waals surface area contributed by atoms with Crippen LogP contribution in [0.25, 0.3) is 10.9 Å². The third-order valence-electron chi connectivity index (χ3n) is 4.70. The Bertz CT molecular complexity index is 891. The van der Waals surface area contributed by atoms with Gasteiger partial charge in [-0.25, -0.2) is 8.78 Å². The molecule has 2 aromatic rings. The van der Waals surface area contributed by atoms with Crippen molar-refractivity contribution in [2.45, 2.75) is 18.8 Å². The van der Waals surface area contributed by atoms with Gasteiger partial charge in [0.05, 0.1) is 24.2 Å². The number of fused-ring (bicyclic) bond motifs is 1. The second-order valence-corrected chi connectivity index (χ2v) is 7.43. The highest BCUT2D eigenvalue weighted by molar-refractivity contribution is 5.95. The summed E-state index contributed by atoms with van der Waals surface area (Å²) in [5.74, 6) is -3.32. The maximum Gasteiger partial charge on any atom is 0.265 e. The lowest BCUT2D eigenvalue weighted by Crippen LogP contribution is -2.48. The average molecular weight is 372 g/mol. The Morgan fingerprint density at radius 2 is 2.19 bits per heavy atom. The Labute approximate surface area is 157 Å². The van der Waals surface area contributed by atoms with E-state index in [9.17, 15) is 18.8 Å². The van der Waals surface area contributed by atoms with Crippen molar-refractivity contribution in [1.82, 2.24) is 9.88 Å². The minimum absolute atomic E-state index is 0.0333. The van der Waals surface area contributed by atoms with Crippen molar-refractivity contribution in [3.05, 3.63) is 36.0 Å². The van der Waals surface area contributed by atoms with Gasteiger partial charge in [-0.15, -0.1) is 0 Å². The molecule has 0 saturated carbocycles. The van der Waals surface area contributed by atoms with Crippen LogP contribution in [0.2, 0.25) is 0 Å². The predicted octanol–water partition coefficient (Wildman–Crippen LogP) is 3.09. The molecule has 1 unspecified atom stereocenters. The predicted molar refractivity (Wildman–Crippen MR) is 99.9 cm³/mol. The van der Waals surface area contributed by atoms with Crippen LogP contribution >= 0.6 is 0 Å². The molecule has 5 nitrogen and oxygen atoms in total. The normalized spacial score (nSPS) is 19.3. The Hall–Kier alpha value is -2.59. The molecule has 1 atom stereocenters. The van der Waals surface area contributed by atoms with E-state index in [-0.39, 0.29) is 25.2 Å². The second kappa shape index (κ2) is 7.57. The number of piperidine rings is 1. The first-order chi connectivity index (χ1) is 12.8. The third-order valence-corrected chi connectivity index (χ3v) is 4.70. The van der Waals surface area contributed by atoms with Crippen LogP contribution in [0.3, 0.4) is 0 Å². The van der Waals surface area contributed by atoms with Crippen LogP contribution in [0.5, 0.6) is 0 Å². The van der Waals surface area contributed by atoms with Gasteiger partial charge in [-0.1, -0.05) is 0 Å². The summed E-state index contributed by atoms with van der Waals surface area (Å²) in [6.45, 7) is 0.234. The van der Waals surface area contributed by atoms with Gasteiger partial charge < -0.3 is 9.80 Å². The molecule has 0 spiro atoms. The summed E-state index contributed by atoms with van der Waals surface area (Å²) in [7, 11) is 3.57. The number of carbonyl (C=O) groups excluding carboxylic acids is 1. The van der Waals surface area contributed by atoms with Gasteiger partial charge in [-0.3, -0.25) is 9.78 Å². The molecule has 0 N–H and O–H groups in total. The molecule has 3 rings (SSSR count). The van der Waals surface area contributed by atoms with Gasteiger partial charge in [-0.05, 0) is 44.3 Å². The summed E-state index contributed by atoms with van der Waals surface area (Å²) in [6, 6.07) is 8.92. The van der Waals surface area contributed by atoms with Crippen LogP contribution in [0.1, 0.15) is 18.4 Å². The Balaban J connectivity index is 1.91. The molecule has 2 heterocycles. The van der Waals surface area contributed by atoms with E-state index < -0.39 is 18.4 Å². The lowest BCUT2D eigenvalue weighted by molar-refractivity contribution is -0.121. The van der Waals surface area contributed by atoms with E-state index >= 15 is 0 Å². The fraction of sp³-hybridized carbons (Fsp3) is 0.450. The second-order valence-electron chi connectivity index (χ2n) is 7.43. The summed E-state index contributed by atoms with van der Waals surface area (Å²) in [4.78, 5) is 19.7. The van der Waals surface area contributed by atoms with E-state index in [2.05, 4.69) is 11.1 Å². The molecule has 1 fully saturated rings. The molecule has 1 aliphatic heterocycles. The number of ketones is 1. The fourth-order valence-corrected chi connectivity index (χ4v) is 3.79. The summed E-state index contributed by atoms with van der Waals surface area (Å²) in [5, 5.41) is 9.94. The third kappa shape index (κ3) is 4.40. The molecule has 0 aliphatic carbocycles. The van der Waals surface area contributed by atoms with Crippen LogP contribution in [-0.2, 0) is 4.79 Å². The molecule has 1 aromatic heterocycles. The first-order valence-corrected chi connectivity index (χ1v) is 8.86. The van der Waals surface area contributed by atoms with Crippen LogP contribution in [0, 0.1) is 17.2 Å². The van der Waals surface area contributed by atoms with Crippen molar-refractivity contribution in [1.29, 1.82) is 5.26 Å². The Kier molecular flexibility index (Phi) is 5.38. The number of alkyl halides is 2. The van der Waals surface area contributed by atoms with Crippen molar-refractivity contribution in [3.8, 4) is 6.07 Å². The maximum atomic E-state index is 14.4. The Morgan fingerprint density at radius 3 is 2.89 bits per heavy atom. The van der Waals surface area contributed by atoms with Gasteiger partial charge in [0.2, 0.25) is 0 Å². The van der Waals surface area contributed by atoms with E-state index in [4.69, 9.17) is 0 Å². The number of benzene rings is 1. The zero-order valence-corrected chi connectivity index (χ0v) is 15.5. The zero-order chi connectivity index (χ0) is 19.6. The van der Waals surface area contributed by atoms with Gasteiger partial charge in [0, 0.05) is 36.7 Å². The average Bonchev–Trinajstić information content (AvgIpc) is 2.58. The summed E-state index contributed by atoms with van der Waals surface area (Å²) in [6.07, 6.45) is 1.44. The molecule has 1 aliphatic rings. The van der Waals surface area contributed by atoms with Crippen LogP contribution < -0.4 is 4.90 Å². The van der Waals surface area contributed by atoms with E-state index in [1.807, 2.05) is 0 Å². The largest absolute Gasteiger partial charge is 0.365 e. The number of hydrogen-bond acceptors (Lipinski definition) is 5. The number of carbonyl (C=O) groups is 1. The highest BCUT2D eigenvalue weighted by atomic mass is 19.3. The van der Waals surface area contributed by atoms with E-state index in [0.29, 0.717) is 28.7 Å². The highest BCUT2D eigenvalue weighted by Gasteiger charge is 2.41. The lowest BCUT2D eigenvalue weighted by atomic mass is 9.90. The minimum atomic E-state index is -2.87. The number of anilines is 1. The molecule has 1 aromatic carbocycles. The zero-order valence-electron chi connectivity index (χ0n) is 15.5. The smallest absolute Gasteiger partial charge is 0.265 e. The number of Topliss-reactive ketones (excluding diaryl/α,β-unsaturated/α-hetero) is 1. The molecule has 7 heteroatoms. The standard InChI is InChI=1S/C20H22F2N4O/c1-25(2)12-16(27)8-14-9-20(21,22)13-26(11-14)18-6-5-15(10-23)19-17(18)4-3-7-24-19/h3-7,14H,8-9,11-13H2,1-2H3. The molecular weight excluding hydrogens is 350 g/mol. The van der Waals surface area contributed by atoms with Crippen molar-refractivity contribution >= 4 is 22.4 Å². The van der Waals surface area contributed by atoms with Gasteiger partial charge in [-0.2, -0.15) is 5.26 Å². The van der Waals surface area contributed by atoms with E-state index in [1.165, 1.54) is 0 Å². The number of aromatic nitrogens is 1. The molecule has 0 amide bonds. The van der Waals surface area contributed by atoms with Crippen molar-refractivity contribution in [2.24, 2.45) is 5.92 Å². The molecule has 0 bridgehead atoms. The topological polar surface area (TPSA) is 60.2 Å². The summed E-state index contributed by atoms with van der Waals surface area (Å²) >= 11 is 0. The minimum Gasteiger partial charge on any atom is -0.365 e. The molecule has 1 saturated heterocycles. The van der Waals surface area contributed by atoms with Crippen molar-refractivity contribution in [3.63, 3.8) is 0 Å². The van der Waals surface area contributed by atoms with Gasteiger partial charge in [0.25, 0.3) is 5.92 Å². The monoisotopic (exact) mass is 372 g/mol. The number of pyridine rings is 1. The van der Waals surface area contributed by atoms with Gasteiger partial charge in [0.15, 0.2) is 0 Å². The summed E-state index contributed by atoms with van der Waals surface area (Å²) < 4.78 is 28.8. The lowest BCUT2D eigenvalue weighted by Gasteiger charge is -2.39. The quantitative estimate of drug-likeness (QED) is 0.807. The molecular formula is C20H22F2N4O.